The number of piperazine rings is 1. The number of nitro benzene ring substituents is 1. The summed E-state index contributed by atoms with van der Waals surface area (Å²) < 4.78 is 0.539. The number of rotatable bonds is 4. The van der Waals surface area contributed by atoms with Gasteiger partial charge < -0.3 is 4.90 Å². The third kappa shape index (κ3) is 3.75. The molecule has 104 valence electrons. The Morgan fingerprint density at radius 1 is 1.26 bits per heavy atom. The molecule has 0 aliphatic carbocycles. The Bertz CT molecular complexity index is 459. The van der Waals surface area contributed by atoms with Crippen LogP contribution in [0.2, 0.25) is 0 Å². The molecule has 0 amide bonds. The van der Waals surface area contributed by atoms with E-state index in [2.05, 4.69) is 32.7 Å². The van der Waals surface area contributed by atoms with E-state index in [9.17, 15) is 10.1 Å². The summed E-state index contributed by atoms with van der Waals surface area (Å²) in [6.07, 6.45) is 0. The molecule has 0 atom stereocenters. The van der Waals surface area contributed by atoms with Crippen LogP contribution in [0.4, 0.5) is 5.69 Å². The van der Waals surface area contributed by atoms with Crippen molar-refractivity contribution in [3.63, 3.8) is 0 Å². The van der Waals surface area contributed by atoms with Gasteiger partial charge >= 0.3 is 0 Å². The quantitative estimate of drug-likeness (QED) is 0.629. The summed E-state index contributed by atoms with van der Waals surface area (Å²) in [5.41, 5.74) is 1.14. The van der Waals surface area contributed by atoms with E-state index in [4.69, 9.17) is 0 Å². The van der Waals surface area contributed by atoms with E-state index in [0.29, 0.717) is 4.47 Å². The number of nitro groups is 1. The summed E-state index contributed by atoms with van der Waals surface area (Å²) in [6.45, 7) is 8.26. The van der Waals surface area contributed by atoms with Crippen molar-refractivity contribution >= 4 is 21.6 Å². The molecule has 0 radical (unpaired) electrons. The van der Waals surface area contributed by atoms with Crippen molar-refractivity contribution in [2.24, 2.45) is 0 Å². The Morgan fingerprint density at radius 3 is 2.47 bits per heavy atom. The van der Waals surface area contributed by atoms with Crippen LogP contribution < -0.4 is 0 Å². The number of hydrogen-bond donors (Lipinski definition) is 0. The molecule has 1 aromatic carbocycles. The van der Waals surface area contributed by atoms with Gasteiger partial charge in [0.1, 0.15) is 0 Å². The predicted octanol–water partition coefficient (Wildman–Crippen LogP) is 2.49. The normalized spacial score (nSPS) is 17.6. The van der Waals surface area contributed by atoms with Crippen molar-refractivity contribution in [3.05, 3.63) is 38.3 Å². The first-order valence-corrected chi connectivity index (χ1v) is 7.27. The topological polar surface area (TPSA) is 49.6 Å². The Labute approximate surface area is 121 Å². The van der Waals surface area contributed by atoms with Gasteiger partial charge in [-0.25, -0.2) is 0 Å². The minimum absolute atomic E-state index is 0.143. The van der Waals surface area contributed by atoms with Crippen molar-refractivity contribution in [1.82, 2.24) is 9.80 Å². The Hall–Kier alpha value is -0.980. The van der Waals surface area contributed by atoms with Crippen LogP contribution in [-0.2, 0) is 6.54 Å². The fourth-order valence-corrected chi connectivity index (χ4v) is 2.71. The summed E-state index contributed by atoms with van der Waals surface area (Å²) in [5.74, 6) is 0. The van der Waals surface area contributed by atoms with Crippen LogP contribution in [0.1, 0.15) is 12.5 Å². The maximum Gasteiger partial charge on any atom is 0.283 e. The first-order valence-electron chi connectivity index (χ1n) is 6.47. The Balaban J connectivity index is 2.00. The molecule has 0 aromatic heterocycles. The summed E-state index contributed by atoms with van der Waals surface area (Å²) in [7, 11) is 0. The molecule has 1 heterocycles. The highest BCUT2D eigenvalue weighted by Gasteiger charge is 2.17. The molecule has 1 saturated heterocycles. The molecule has 1 aromatic rings. The Morgan fingerprint density at radius 2 is 1.89 bits per heavy atom. The zero-order valence-corrected chi connectivity index (χ0v) is 12.6. The van der Waals surface area contributed by atoms with Gasteiger partial charge in [-0.2, -0.15) is 0 Å². The Kier molecular flexibility index (Phi) is 4.90. The van der Waals surface area contributed by atoms with Crippen LogP contribution in [0.5, 0.6) is 0 Å². The highest BCUT2D eigenvalue weighted by molar-refractivity contribution is 9.10. The minimum Gasteiger partial charge on any atom is -0.301 e. The molecular formula is C13H18BrN3O2. The van der Waals surface area contributed by atoms with Crippen LogP contribution >= 0.6 is 15.9 Å². The highest BCUT2D eigenvalue weighted by Crippen LogP contribution is 2.26. The van der Waals surface area contributed by atoms with Gasteiger partial charge in [0, 0.05) is 38.8 Å². The summed E-state index contributed by atoms with van der Waals surface area (Å²) in [5, 5.41) is 10.9. The maximum absolute atomic E-state index is 10.9. The minimum atomic E-state index is -0.345. The third-order valence-electron chi connectivity index (χ3n) is 3.53. The second-order valence-electron chi connectivity index (χ2n) is 4.75. The second-order valence-corrected chi connectivity index (χ2v) is 5.61. The van der Waals surface area contributed by atoms with Gasteiger partial charge in [0.15, 0.2) is 0 Å². The lowest BCUT2D eigenvalue weighted by Crippen LogP contribution is -2.45. The number of halogens is 1. The number of hydrogen-bond acceptors (Lipinski definition) is 4. The van der Waals surface area contributed by atoms with E-state index in [1.165, 1.54) is 0 Å². The van der Waals surface area contributed by atoms with Gasteiger partial charge in [-0.1, -0.05) is 13.0 Å². The number of benzene rings is 1. The summed E-state index contributed by atoms with van der Waals surface area (Å²) in [6, 6.07) is 5.37. The second kappa shape index (κ2) is 6.45. The van der Waals surface area contributed by atoms with E-state index in [1.54, 1.807) is 12.1 Å². The van der Waals surface area contributed by atoms with Crippen LogP contribution in [0.25, 0.3) is 0 Å². The molecule has 1 aliphatic heterocycles. The van der Waals surface area contributed by atoms with Gasteiger partial charge in [-0.3, -0.25) is 15.0 Å². The first kappa shape index (κ1) is 14.4. The molecule has 19 heavy (non-hydrogen) atoms. The monoisotopic (exact) mass is 327 g/mol. The summed E-state index contributed by atoms with van der Waals surface area (Å²) >= 11 is 3.21. The van der Waals surface area contributed by atoms with E-state index < -0.39 is 0 Å². The van der Waals surface area contributed by atoms with Crippen LogP contribution in [-0.4, -0.2) is 47.4 Å². The molecule has 6 heteroatoms. The van der Waals surface area contributed by atoms with Crippen molar-refractivity contribution in [2.75, 3.05) is 32.7 Å². The summed E-state index contributed by atoms with van der Waals surface area (Å²) in [4.78, 5) is 15.3. The molecule has 2 rings (SSSR count). The predicted molar refractivity (Wildman–Crippen MR) is 78.2 cm³/mol. The lowest BCUT2D eigenvalue weighted by Gasteiger charge is -2.33. The lowest BCUT2D eigenvalue weighted by atomic mass is 10.1. The smallest absolute Gasteiger partial charge is 0.283 e. The maximum atomic E-state index is 10.9. The van der Waals surface area contributed by atoms with Gasteiger partial charge in [0.2, 0.25) is 0 Å². The van der Waals surface area contributed by atoms with E-state index >= 15 is 0 Å². The van der Waals surface area contributed by atoms with Gasteiger partial charge in [0.05, 0.1) is 9.40 Å². The zero-order chi connectivity index (χ0) is 13.8. The van der Waals surface area contributed by atoms with E-state index in [1.807, 2.05) is 6.07 Å². The highest BCUT2D eigenvalue weighted by atomic mass is 79.9. The molecule has 1 aliphatic rings. The average Bonchev–Trinajstić information content (AvgIpc) is 2.41. The fourth-order valence-electron chi connectivity index (χ4n) is 2.32. The van der Waals surface area contributed by atoms with E-state index in [0.717, 1.165) is 44.8 Å². The van der Waals surface area contributed by atoms with Gasteiger partial charge in [-0.15, -0.1) is 0 Å². The number of nitrogens with zero attached hydrogens (tertiary/aromatic N) is 3. The molecule has 0 bridgehead atoms. The molecule has 1 fully saturated rings. The zero-order valence-electron chi connectivity index (χ0n) is 11.0. The first-order chi connectivity index (χ1) is 9.10. The molecule has 0 saturated carbocycles. The van der Waals surface area contributed by atoms with Crippen molar-refractivity contribution in [3.8, 4) is 0 Å². The van der Waals surface area contributed by atoms with Gasteiger partial charge in [0.25, 0.3) is 5.69 Å². The van der Waals surface area contributed by atoms with Crippen LogP contribution in [0.3, 0.4) is 0 Å². The molecule has 5 nitrogen and oxygen atoms in total. The fraction of sp³-hybridized carbons (Fsp3) is 0.538. The molecule has 0 N–H and O–H groups in total. The standard InChI is InChI=1S/C13H18BrN3O2/c1-2-15-5-7-16(8-6-15)10-11-3-4-12(14)13(9-11)17(18)19/h3-4,9H,2,5-8,10H2,1H3. The van der Waals surface area contributed by atoms with Crippen molar-refractivity contribution in [2.45, 2.75) is 13.5 Å². The average molecular weight is 328 g/mol. The van der Waals surface area contributed by atoms with E-state index in [-0.39, 0.29) is 10.6 Å². The van der Waals surface area contributed by atoms with Crippen LogP contribution in [0.15, 0.2) is 22.7 Å². The van der Waals surface area contributed by atoms with Gasteiger partial charge in [-0.05, 0) is 34.1 Å². The number of likely N-dealkylation sites (N-methyl/N-ethyl adjacent to an activating group) is 1. The molecule has 0 unspecified atom stereocenters. The largest absolute Gasteiger partial charge is 0.301 e. The van der Waals surface area contributed by atoms with Crippen molar-refractivity contribution < 1.29 is 4.92 Å². The van der Waals surface area contributed by atoms with Crippen LogP contribution in [0, 0.1) is 10.1 Å². The SMILES string of the molecule is CCN1CCN(Cc2ccc(Br)c([N+](=O)[O-])c2)CC1. The van der Waals surface area contributed by atoms with Crippen molar-refractivity contribution in [1.29, 1.82) is 0 Å². The molecular weight excluding hydrogens is 310 g/mol. The molecule has 0 spiro atoms. The lowest BCUT2D eigenvalue weighted by molar-refractivity contribution is -0.385. The third-order valence-corrected chi connectivity index (χ3v) is 4.20.